The minimum Gasteiger partial charge on any atom is -0.507 e. The van der Waals surface area contributed by atoms with Gasteiger partial charge in [0.2, 0.25) is 0 Å². The van der Waals surface area contributed by atoms with Crippen molar-refractivity contribution in [2.24, 2.45) is 0 Å². The van der Waals surface area contributed by atoms with Crippen molar-refractivity contribution in [1.29, 1.82) is 0 Å². The summed E-state index contributed by atoms with van der Waals surface area (Å²) in [6, 6.07) is 1.25. The first-order valence-electron chi connectivity index (χ1n) is 7.81. The highest BCUT2D eigenvalue weighted by molar-refractivity contribution is 6.00. The summed E-state index contributed by atoms with van der Waals surface area (Å²) in [6.45, 7) is 1.36. The average molecular weight is 376 g/mol. The van der Waals surface area contributed by atoms with Crippen molar-refractivity contribution in [2.75, 3.05) is 0 Å². The second-order valence-corrected chi connectivity index (χ2v) is 5.99. The van der Waals surface area contributed by atoms with Crippen molar-refractivity contribution < 1.29 is 44.6 Å². The molecule has 0 spiro atoms. The third-order valence-electron chi connectivity index (χ3n) is 4.41. The van der Waals surface area contributed by atoms with Gasteiger partial charge in [0, 0.05) is 5.56 Å². The number of rotatable bonds is 3. The Morgan fingerprint density at radius 2 is 1.63 bits per heavy atom. The molecular weight excluding hydrogens is 360 g/mol. The Hall–Kier alpha value is -3.30. The van der Waals surface area contributed by atoms with Crippen LogP contribution in [0.25, 0.3) is 0 Å². The molecule has 0 radical (unpaired) electrons. The van der Waals surface area contributed by atoms with Crippen LogP contribution in [-0.2, 0) is 13.2 Å². The van der Waals surface area contributed by atoms with Crippen LogP contribution in [0, 0.1) is 13.8 Å². The van der Waals surface area contributed by atoms with Crippen LogP contribution in [0.4, 0.5) is 0 Å². The minimum absolute atomic E-state index is 0.0577. The van der Waals surface area contributed by atoms with Gasteiger partial charge in [0.15, 0.2) is 17.2 Å². The molecule has 9 nitrogen and oxygen atoms in total. The molecule has 0 amide bonds. The van der Waals surface area contributed by atoms with E-state index in [-0.39, 0.29) is 45.3 Å². The zero-order chi connectivity index (χ0) is 20.0. The Morgan fingerprint density at radius 3 is 2.19 bits per heavy atom. The number of aromatic carboxylic acids is 1. The van der Waals surface area contributed by atoms with E-state index < -0.39 is 36.5 Å². The highest BCUT2D eigenvalue weighted by atomic mass is 16.6. The van der Waals surface area contributed by atoms with E-state index in [9.17, 15) is 35.1 Å². The molecule has 0 aromatic heterocycles. The highest BCUT2D eigenvalue weighted by Gasteiger charge is 2.35. The first-order valence-corrected chi connectivity index (χ1v) is 7.81. The number of benzene rings is 2. The molecule has 27 heavy (non-hydrogen) atoms. The van der Waals surface area contributed by atoms with Gasteiger partial charge >= 0.3 is 11.9 Å². The third-order valence-corrected chi connectivity index (χ3v) is 4.41. The van der Waals surface area contributed by atoms with Gasteiger partial charge in [0.05, 0.1) is 24.3 Å². The number of aliphatic hydroxyl groups is 2. The van der Waals surface area contributed by atoms with Crippen molar-refractivity contribution in [3.63, 3.8) is 0 Å². The molecule has 1 heterocycles. The molecule has 0 unspecified atom stereocenters. The van der Waals surface area contributed by atoms with E-state index >= 15 is 0 Å². The Morgan fingerprint density at radius 1 is 1.00 bits per heavy atom. The number of fused-ring (bicyclic) bond motifs is 2. The predicted molar refractivity (Wildman–Crippen MR) is 89.5 cm³/mol. The maximum atomic E-state index is 12.6. The van der Waals surface area contributed by atoms with Crippen LogP contribution >= 0.6 is 0 Å². The van der Waals surface area contributed by atoms with Gasteiger partial charge in [-0.15, -0.1) is 0 Å². The number of ether oxygens (including phenoxy) is 2. The summed E-state index contributed by atoms with van der Waals surface area (Å²) in [4.78, 5) is 24.2. The van der Waals surface area contributed by atoms with Crippen LogP contribution in [0.2, 0.25) is 0 Å². The number of phenols is 2. The highest BCUT2D eigenvalue weighted by Crippen LogP contribution is 2.50. The number of esters is 1. The fourth-order valence-corrected chi connectivity index (χ4v) is 3.07. The van der Waals surface area contributed by atoms with E-state index in [0.29, 0.717) is 5.56 Å². The van der Waals surface area contributed by atoms with Crippen LogP contribution < -0.4 is 9.47 Å². The number of aryl methyl sites for hydroxylation is 1. The summed E-state index contributed by atoms with van der Waals surface area (Å²) in [7, 11) is 0. The lowest BCUT2D eigenvalue weighted by molar-refractivity contribution is 0.0691. The lowest BCUT2D eigenvalue weighted by atomic mass is 10.0. The van der Waals surface area contributed by atoms with E-state index in [1.165, 1.54) is 19.9 Å². The molecule has 1 aliphatic heterocycles. The molecule has 0 saturated heterocycles. The largest absolute Gasteiger partial charge is 0.507 e. The van der Waals surface area contributed by atoms with Crippen LogP contribution in [0.15, 0.2) is 6.07 Å². The molecule has 0 aliphatic carbocycles. The Labute approximate surface area is 152 Å². The van der Waals surface area contributed by atoms with E-state index in [1.54, 1.807) is 0 Å². The van der Waals surface area contributed by atoms with Gasteiger partial charge in [-0.05, 0) is 25.5 Å². The molecule has 142 valence electrons. The maximum Gasteiger partial charge on any atom is 0.347 e. The van der Waals surface area contributed by atoms with Gasteiger partial charge in [0.25, 0.3) is 0 Å². The number of aliphatic hydroxyl groups excluding tert-OH is 2. The van der Waals surface area contributed by atoms with E-state index in [1.807, 2.05) is 0 Å². The molecule has 0 saturated carbocycles. The van der Waals surface area contributed by atoms with Gasteiger partial charge in [-0.25, -0.2) is 9.59 Å². The van der Waals surface area contributed by atoms with Gasteiger partial charge in [-0.1, -0.05) is 0 Å². The second kappa shape index (κ2) is 6.45. The molecule has 1 aliphatic rings. The molecular formula is C18H16O9. The topological polar surface area (TPSA) is 154 Å². The maximum absolute atomic E-state index is 12.6. The molecule has 3 rings (SSSR count). The van der Waals surface area contributed by atoms with Crippen molar-refractivity contribution >= 4 is 11.9 Å². The van der Waals surface area contributed by atoms with Crippen molar-refractivity contribution in [1.82, 2.24) is 0 Å². The van der Waals surface area contributed by atoms with Crippen molar-refractivity contribution in [3.8, 4) is 28.7 Å². The zero-order valence-corrected chi connectivity index (χ0v) is 14.4. The number of hydrogen-bond acceptors (Lipinski definition) is 8. The fraction of sp³-hybridized carbons (Fsp3) is 0.222. The second-order valence-electron chi connectivity index (χ2n) is 5.99. The van der Waals surface area contributed by atoms with E-state index in [0.717, 1.165) is 0 Å². The number of aromatic hydroxyl groups is 2. The molecule has 2 aromatic carbocycles. The van der Waals surface area contributed by atoms with Gasteiger partial charge in [-0.2, -0.15) is 0 Å². The van der Waals surface area contributed by atoms with Crippen molar-refractivity contribution in [3.05, 3.63) is 39.4 Å². The van der Waals surface area contributed by atoms with E-state index in [2.05, 4.69) is 0 Å². The summed E-state index contributed by atoms with van der Waals surface area (Å²) >= 11 is 0. The Bertz CT molecular complexity index is 992. The molecule has 0 atom stereocenters. The third kappa shape index (κ3) is 2.64. The van der Waals surface area contributed by atoms with Crippen LogP contribution in [-0.4, -0.2) is 37.5 Å². The summed E-state index contributed by atoms with van der Waals surface area (Å²) in [5.41, 5.74) is -0.787. The predicted octanol–water partition coefficient (Wildman–Crippen LogP) is 1.72. The number of carboxylic acids is 1. The van der Waals surface area contributed by atoms with Crippen LogP contribution in [0.3, 0.4) is 0 Å². The first-order chi connectivity index (χ1) is 12.7. The zero-order valence-electron chi connectivity index (χ0n) is 14.4. The summed E-state index contributed by atoms with van der Waals surface area (Å²) in [5.74, 6) is -4.19. The molecule has 5 N–H and O–H groups in total. The number of carbonyl (C=O) groups excluding carboxylic acids is 1. The van der Waals surface area contributed by atoms with Gasteiger partial charge in [-0.3, -0.25) is 0 Å². The summed E-state index contributed by atoms with van der Waals surface area (Å²) in [5, 5.41) is 48.8. The molecule has 2 aromatic rings. The van der Waals surface area contributed by atoms with Crippen molar-refractivity contribution in [2.45, 2.75) is 27.1 Å². The quantitative estimate of drug-likeness (QED) is 0.398. The number of carbonyl (C=O) groups is 2. The van der Waals surface area contributed by atoms with Crippen LogP contribution in [0.5, 0.6) is 28.7 Å². The monoisotopic (exact) mass is 376 g/mol. The smallest absolute Gasteiger partial charge is 0.347 e. The summed E-state index contributed by atoms with van der Waals surface area (Å²) in [6.07, 6.45) is 0. The van der Waals surface area contributed by atoms with Gasteiger partial charge in [0.1, 0.15) is 22.6 Å². The lowest BCUT2D eigenvalue weighted by Crippen LogP contribution is -2.12. The van der Waals surface area contributed by atoms with Crippen LogP contribution in [0.1, 0.15) is 43.0 Å². The molecule has 0 fully saturated rings. The Kier molecular flexibility index (Phi) is 4.42. The van der Waals surface area contributed by atoms with E-state index in [4.69, 9.17) is 9.47 Å². The average Bonchev–Trinajstić information content (AvgIpc) is 2.72. The fourth-order valence-electron chi connectivity index (χ4n) is 3.07. The first kappa shape index (κ1) is 18.5. The summed E-state index contributed by atoms with van der Waals surface area (Å²) < 4.78 is 11.0. The standard InChI is InChI=1S/C18H16O9/c1-6-3-10(21)8(4-19)15-11(6)18(25)27-16-9(5-20)13(22)12(17(23)24)7(2)14(16)26-15/h3,19-22H,4-5H2,1-2H3,(H,23,24). The lowest BCUT2D eigenvalue weighted by Gasteiger charge is -2.18. The number of hydrogen-bond donors (Lipinski definition) is 5. The molecule has 9 heteroatoms. The number of carboxylic acid groups (broad SMARTS) is 1. The van der Waals surface area contributed by atoms with Gasteiger partial charge < -0.3 is 35.0 Å². The Balaban J connectivity index is 2.42. The SMILES string of the molecule is Cc1cc(O)c(CO)c2c1C(=O)Oc1c(CO)c(O)c(C(=O)O)c(C)c1O2. The molecule has 0 bridgehead atoms. The normalized spacial score (nSPS) is 12.5. The minimum atomic E-state index is -1.48.